The number of anilines is 2. The molecule has 3 aromatic carbocycles. The third kappa shape index (κ3) is 5.78. The Hall–Kier alpha value is -3.62. The average Bonchev–Trinajstić information content (AvgIpc) is 3.12. The number of amides is 2. The molecule has 2 amide bonds. The van der Waals surface area contributed by atoms with Gasteiger partial charge in [-0.3, -0.25) is 14.5 Å². The van der Waals surface area contributed by atoms with Gasteiger partial charge in [0.1, 0.15) is 17.5 Å². The quantitative estimate of drug-likeness (QED) is 0.401. The van der Waals surface area contributed by atoms with E-state index in [2.05, 4.69) is 5.32 Å². The summed E-state index contributed by atoms with van der Waals surface area (Å²) in [7, 11) is 3.20. The molecule has 3 aromatic rings. The lowest BCUT2D eigenvalue weighted by Gasteiger charge is -2.24. The zero-order valence-electron chi connectivity index (χ0n) is 19.9. The smallest absolute Gasteiger partial charge is 0.256 e. The Balaban J connectivity index is 1.54. The zero-order valence-corrected chi connectivity index (χ0v) is 21.5. The summed E-state index contributed by atoms with van der Waals surface area (Å²) in [5.74, 6) is 0.912. The van der Waals surface area contributed by atoms with Gasteiger partial charge in [-0.25, -0.2) is 0 Å². The Morgan fingerprint density at radius 2 is 1.53 bits per heavy atom. The van der Waals surface area contributed by atoms with Gasteiger partial charge in [-0.2, -0.15) is 0 Å². The lowest BCUT2D eigenvalue weighted by molar-refractivity contribution is -0.124. The number of nitrogens with zero attached hydrogens (tertiary/aromatic N) is 2. The average molecular weight is 524 g/mol. The van der Waals surface area contributed by atoms with Crippen molar-refractivity contribution in [3.63, 3.8) is 0 Å². The molecule has 0 aromatic heterocycles. The van der Waals surface area contributed by atoms with E-state index in [0.29, 0.717) is 40.2 Å². The van der Waals surface area contributed by atoms with Crippen molar-refractivity contribution in [1.82, 2.24) is 4.90 Å². The Morgan fingerprint density at radius 3 is 2.11 bits per heavy atom. The van der Waals surface area contributed by atoms with Crippen LogP contribution in [0, 0.1) is 0 Å². The summed E-state index contributed by atoms with van der Waals surface area (Å²) in [5.41, 5.74) is 2.30. The van der Waals surface area contributed by atoms with Crippen LogP contribution in [0.15, 0.2) is 72.8 Å². The molecule has 0 saturated carbocycles. The molecule has 1 N–H and O–H groups in total. The molecular weight excluding hydrogens is 498 g/mol. The maximum absolute atomic E-state index is 13.6. The second-order valence-corrected chi connectivity index (χ2v) is 9.02. The highest BCUT2D eigenvalue weighted by Crippen LogP contribution is 2.29. The maximum atomic E-state index is 13.6. The van der Waals surface area contributed by atoms with Gasteiger partial charge < -0.3 is 19.7 Å². The van der Waals surface area contributed by atoms with Gasteiger partial charge >= 0.3 is 0 Å². The number of nitrogens with one attached hydrogen (secondary N) is 1. The molecule has 0 aliphatic carbocycles. The fourth-order valence-corrected chi connectivity index (χ4v) is 4.56. The molecule has 1 saturated heterocycles. The number of ether oxygens (including phenoxy) is 2. The van der Waals surface area contributed by atoms with E-state index in [1.54, 1.807) is 62.8 Å². The van der Waals surface area contributed by atoms with Crippen molar-refractivity contribution in [3.8, 4) is 11.5 Å². The van der Waals surface area contributed by atoms with Gasteiger partial charge in [0.2, 0.25) is 5.91 Å². The molecule has 1 aliphatic heterocycles. The van der Waals surface area contributed by atoms with Gasteiger partial charge in [0.15, 0.2) is 5.11 Å². The van der Waals surface area contributed by atoms with Crippen LogP contribution in [0.4, 0.5) is 11.4 Å². The van der Waals surface area contributed by atoms with E-state index < -0.39 is 6.04 Å². The first-order valence-electron chi connectivity index (χ1n) is 11.4. The van der Waals surface area contributed by atoms with Crippen LogP contribution in [0.5, 0.6) is 11.5 Å². The predicted octanol–water partition coefficient (Wildman–Crippen LogP) is 4.93. The van der Waals surface area contributed by atoms with Crippen molar-refractivity contribution in [1.29, 1.82) is 0 Å². The summed E-state index contributed by atoms with van der Waals surface area (Å²) in [6, 6.07) is 20.9. The SMILES string of the molecule is COc1ccc(CCN2C(=S)N(c3ccc(OC)cc3)C(=O)[C@H]2CC(=O)Nc2ccc(Cl)cc2)cc1. The minimum Gasteiger partial charge on any atom is -0.497 e. The number of hydrogen-bond donors (Lipinski definition) is 1. The lowest BCUT2D eigenvalue weighted by Crippen LogP contribution is -2.39. The molecule has 0 radical (unpaired) electrons. The molecule has 0 spiro atoms. The van der Waals surface area contributed by atoms with E-state index in [0.717, 1.165) is 11.3 Å². The van der Waals surface area contributed by atoms with E-state index in [-0.39, 0.29) is 18.2 Å². The first-order chi connectivity index (χ1) is 17.4. The van der Waals surface area contributed by atoms with E-state index >= 15 is 0 Å². The van der Waals surface area contributed by atoms with Crippen molar-refractivity contribution >= 4 is 52.1 Å². The van der Waals surface area contributed by atoms with Crippen molar-refractivity contribution in [2.45, 2.75) is 18.9 Å². The fraction of sp³-hybridized carbons (Fsp3) is 0.222. The second kappa shape index (κ2) is 11.4. The van der Waals surface area contributed by atoms with Crippen molar-refractivity contribution < 1.29 is 19.1 Å². The number of carbonyl (C=O) groups is 2. The Bertz CT molecular complexity index is 1230. The number of benzene rings is 3. The normalized spacial score (nSPS) is 15.2. The Morgan fingerprint density at radius 1 is 0.944 bits per heavy atom. The summed E-state index contributed by atoms with van der Waals surface area (Å²) in [5, 5.41) is 3.78. The molecular formula is C27H26ClN3O4S. The van der Waals surface area contributed by atoms with Crippen LogP contribution in [0.25, 0.3) is 0 Å². The third-order valence-corrected chi connectivity index (χ3v) is 6.63. The summed E-state index contributed by atoms with van der Waals surface area (Å²) in [4.78, 5) is 29.8. The predicted molar refractivity (Wildman–Crippen MR) is 145 cm³/mol. The number of rotatable bonds is 9. The van der Waals surface area contributed by atoms with E-state index in [1.165, 1.54) is 4.90 Å². The number of methoxy groups -OCH3 is 2. The highest BCUT2D eigenvalue weighted by atomic mass is 35.5. The highest BCUT2D eigenvalue weighted by Gasteiger charge is 2.43. The molecule has 4 rings (SSSR count). The van der Waals surface area contributed by atoms with Gasteiger partial charge in [-0.15, -0.1) is 0 Å². The van der Waals surface area contributed by atoms with E-state index in [4.69, 9.17) is 33.3 Å². The minimum absolute atomic E-state index is 0.0448. The largest absolute Gasteiger partial charge is 0.497 e. The molecule has 0 unspecified atom stereocenters. The zero-order chi connectivity index (χ0) is 25.7. The van der Waals surface area contributed by atoms with Crippen molar-refractivity contribution in [2.24, 2.45) is 0 Å². The summed E-state index contributed by atoms with van der Waals surface area (Å²) in [6.45, 7) is 0.475. The molecule has 36 heavy (non-hydrogen) atoms. The molecule has 7 nitrogen and oxygen atoms in total. The molecule has 1 atom stereocenters. The number of carbonyl (C=O) groups excluding carboxylic acids is 2. The molecule has 0 bridgehead atoms. The number of thiocarbonyl (C=S) groups is 1. The molecule has 1 heterocycles. The molecule has 9 heteroatoms. The standard InChI is InChI=1S/C27H26ClN3O4S/c1-34-22-11-3-18(4-12-22)15-16-30-24(17-25(32)29-20-7-5-19(28)6-8-20)26(33)31(27(30)36)21-9-13-23(35-2)14-10-21/h3-14,24H,15-17H2,1-2H3,(H,29,32)/t24-/m1/s1. The summed E-state index contributed by atoms with van der Waals surface area (Å²) >= 11 is 11.7. The van der Waals surface area contributed by atoms with Crippen LogP contribution in [-0.4, -0.2) is 48.6 Å². The van der Waals surface area contributed by atoms with Crippen LogP contribution in [-0.2, 0) is 16.0 Å². The number of halogens is 1. The summed E-state index contributed by atoms with van der Waals surface area (Å²) in [6.07, 6.45) is 0.597. The van der Waals surface area contributed by atoms with Gasteiger partial charge in [0.05, 0.1) is 26.3 Å². The van der Waals surface area contributed by atoms with Crippen LogP contribution in [0.3, 0.4) is 0 Å². The van der Waals surface area contributed by atoms with E-state index in [9.17, 15) is 9.59 Å². The Labute approximate surface area is 220 Å². The van der Waals surface area contributed by atoms with Gasteiger partial charge in [-0.05, 0) is 84.9 Å². The third-order valence-electron chi connectivity index (χ3n) is 5.96. The minimum atomic E-state index is -0.731. The van der Waals surface area contributed by atoms with Gasteiger partial charge in [0.25, 0.3) is 5.91 Å². The fourth-order valence-electron chi connectivity index (χ4n) is 4.02. The monoisotopic (exact) mass is 523 g/mol. The molecule has 186 valence electrons. The molecule has 1 aliphatic rings. The first-order valence-corrected chi connectivity index (χ1v) is 12.1. The van der Waals surface area contributed by atoms with Crippen LogP contribution in [0.1, 0.15) is 12.0 Å². The van der Waals surface area contributed by atoms with Crippen LogP contribution in [0.2, 0.25) is 5.02 Å². The van der Waals surface area contributed by atoms with Gasteiger partial charge in [0, 0.05) is 17.3 Å². The topological polar surface area (TPSA) is 71.1 Å². The second-order valence-electron chi connectivity index (χ2n) is 8.22. The number of hydrogen-bond acceptors (Lipinski definition) is 5. The Kier molecular flexibility index (Phi) is 8.07. The van der Waals surface area contributed by atoms with E-state index in [1.807, 2.05) is 29.2 Å². The lowest BCUT2D eigenvalue weighted by atomic mass is 10.1. The van der Waals surface area contributed by atoms with Crippen molar-refractivity contribution in [3.05, 3.63) is 83.4 Å². The summed E-state index contributed by atoms with van der Waals surface area (Å²) < 4.78 is 10.5. The van der Waals surface area contributed by atoms with Crippen LogP contribution >= 0.6 is 23.8 Å². The molecule has 1 fully saturated rings. The highest BCUT2D eigenvalue weighted by molar-refractivity contribution is 7.80. The van der Waals surface area contributed by atoms with Crippen molar-refractivity contribution in [2.75, 3.05) is 31.0 Å². The maximum Gasteiger partial charge on any atom is 0.256 e. The van der Waals surface area contributed by atoms with Crippen LogP contribution < -0.4 is 19.7 Å². The first kappa shape index (κ1) is 25.5. The van der Waals surface area contributed by atoms with Gasteiger partial charge in [-0.1, -0.05) is 23.7 Å².